The van der Waals surface area contributed by atoms with Gasteiger partial charge in [-0.15, -0.1) is 0 Å². The molecule has 63 heavy (non-hydrogen) atoms. The van der Waals surface area contributed by atoms with Crippen LogP contribution in [0.4, 0.5) is 0 Å². The third-order valence-corrected chi connectivity index (χ3v) is 13.5. The van der Waals surface area contributed by atoms with Gasteiger partial charge in [0, 0.05) is 38.0 Å². The summed E-state index contributed by atoms with van der Waals surface area (Å²) in [7, 11) is 0. The van der Waals surface area contributed by atoms with Crippen LogP contribution in [0.2, 0.25) is 0 Å². The normalized spacial score (nSPS) is 13.1. The molecule has 0 spiro atoms. The van der Waals surface area contributed by atoms with Crippen molar-refractivity contribution in [1.82, 2.24) is 13.7 Å². The van der Waals surface area contributed by atoms with Crippen molar-refractivity contribution in [2.24, 2.45) is 0 Å². The minimum absolute atomic E-state index is 0.0420. The number of hydrogen-bond acceptors (Lipinski definition) is 1. The van der Waals surface area contributed by atoms with Crippen molar-refractivity contribution in [3.63, 3.8) is 0 Å². The summed E-state index contributed by atoms with van der Waals surface area (Å²) in [6.45, 7) is 27.5. The molecule has 0 aliphatic rings. The van der Waals surface area contributed by atoms with Crippen LogP contribution in [0, 0.1) is 11.3 Å². The number of rotatable bonds is 3. The fourth-order valence-corrected chi connectivity index (χ4v) is 9.88. The predicted octanol–water partition coefficient (Wildman–Crippen LogP) is 16.0. The molecule has 0 saturated heterocycles. The minimum Gasteiger partial charge on any atom is -0.309 e. The second kappa shape index (κ2) is 13.7. The summed E-state index contributed by atoms with van der Waals surface area (Å²) in [6.07, 6.45) is 0. The summed E-state index contributed by atoms with van der Waals surface area (Å²) in [4.78, 5) is 0. The first-order chi connectivity index (χ1) is 29.8. The smallest absolute Gasteiger partial charge is 0.102 e. The van der Waals surface area contributed by atoms with Crippen LogP contribution in [0.25, 0.3) is 82.5 Å². The monoisotopic (exact) mass is 822 g/mol. The van der Waals surface area contributed by atoms with Gasteiger partial charge in [-0.2, -0.15) is 5.26 Å². The molecule has 0 radical (unpaired) electrons. The number of benzene rings is 7. The van der Waals surface area contributed by atoms with Crippen LogP contribution in [0.15, 0.2) is 133 Å². The lowest BCUT2D eigenvalue weighted by Gasteiger charge is -2.22. The van der Waals surface area contributed by atoms with Gasteiger partial charge in [-0.05, 0) is 117 Å². The second-order valence-corrected chi connectivity index (χ2v) is 21.9. The molecule has 0 aliphatic carbocycles. The van der Waals surface area contributed by atoms with Gasteiger partial charge in [0.25, 0.3) is 0 Å². The highest BCUT2D eigenvalue weighted by atomic mass is 15.1. The molecule has 10 aromatic rings. The van der Waals surface area contributed by atoms with Crippen LogP contribution in [-0.2, 0) is 21.7 Å². The van der Waals surface area contributed by atoms with Gasteiger partial charge >= 0.3 is 0 Å². The number of para-hydroxylation sites is 2. The van der Waals surface area contributed by atoms with E-state index in [9.17, 15) is 5.26 Å². The first kappa shape index (κ1) is 40.5. The van der Waals surface area contributed by atoms with E-state index in [1.807, 2.05) is 0 Å². The first-order valence-corrected chi connectivity index (χ1v) is 22.5. The molecule has 0 fully saturated rings. The third kappa shape index (κ3) is 6.30. The van der Waals surface area contributed by atoms with Gasteiger partial charge in [-0.3, -0.25) is 0 Å². The molecule has 10 rings (SSSR count). The minimum atomic E-state index is -0.0494. The molecule has 0 aliphatic heterocycles. The van der Waals surface area contributed by atoms with Crippen molar-refractivity contribution in [2.75, 3.05) is 0 Å². The van der Waals surface area contributed by atoms with Gasteiger partial charge in [0.15, 0.2) is 0 Å². The second-order valence-electron chi connectivity index (χ2n) is 21.9. The fraction of sp³-hybridized carbons (Fsp3) is 0.271. The summed E-state index contributed by atoms with van der Waals surface area (Å²) in [5.74, 6) is 0. The Morgan fingerprint density at radius 1 is 0.365 bits per heavy atom. The number of hydrogen-bond donors (Lipinski definition) is 0. The average Bonchev–Trinajstić information content (AvgIpc) is 3.86. The molecule has 0 amide bonds. The SMILES string of the molecule is CC(C)(C)c1ccc2c(c1)c1cc(C(C)(C)C)ccc1n2-c1cc2c(c(C#N)c1-n1c3ccc(C(C)(C)C)cc3c3cc(C(C)(C)C)ccc31)c1ccccc1n2-c1ccccc1. The van der Waals surface area contributed by atoms with E-state index in [0.29, 0.717) is 5.56 Å². The van der Waals surface area contributed by atoms with E-state index in [1.165, 1.54) is 43.8 Å². The lowest BCUT2D eigenvalue weighted by Crippen LogP contribution is -2.11. The van der Waals surface area contributed by atoms with E-state index in [4.69, 9.17) is 0 Å². The highest BCUT2D eigenvalue weighted by Crippen LogP contribution is 2.46. The Morgan fingerprint density at radius 3 is 1.16 bits per heavy atom. The zero-order chi connectivity index (χ0) is 44.5. The molecular formula is C59H58N4. The summed E-state index contributed by atoms with van der Waals surface area (Å²) in [5.41, 5.74) is 15.0. The molecule has 0 saturated carbocycles. The molecule has 7 aromatic carbocycles. The maximum Gasteiger partial charge on any atom is 0.102 e. The molecule has 0 unspecified atom stereocenters. The number of aromatic nitrogens is 3. The van der Waals surface area contributed by atoms with Gasteiger partial charge in [-0.1, -0.05) is 144 Å². The summed E-state index contributed by atoms with van der Waals surface area (Å²) < 4.78 is 7.21. The third-order valence-electron chi connectivity index (χ3n) is 13.5. The molecule has 0 atom stereocenters. The van der Waals surface area contributed by atoms with E-state index in [1.54, 1.807) is 0 Å². The number of fused-ring (bicyclic) bond motifs is 9. The van der Waals surface area contributed by atoms with Gasteiger partial charge in [0.05, 0.1) is 50.0 Å². The van der Waals surface area contributed by atoms with Gasteiger partial charge in [0.1, 0.15) is 6.07 Å². The van der Waals surface area contributed by atoms with E-state index >= 15 is 0 Å². The first-order valence-electron chi connectivity index (χ1n) is 22.5. The van der Waals surface area contributed by atoms with Crippen molar-refractivity contribution in [3.05, 3.63) is 161 Å². The maximum absolute atomic E-state index is 11.9. The van der Waals surface area contributed by atoms with Gasteiger partial charge in [-0.25, -0.2) is 0 Å². The zero-order valence-corrected chi connectivity index (χ0v) is 39.0. The number of nitrogens with zero attached hydrogens (tertiary/aromatic N) is 4. The summed E-state index contributed by atoms with van der Waals surface area (Å²) >= 11 is 0. The predicted molar refractivity (Wildman–Crippen MR) is 269 cm³/mol. The van der Waals surface area contributed by atoms with E-state index < -0.39 is 0 Å². The maximum atomic E-state index is 11.9. The van der Waals surface area contributed by atoms with Crippen molar-refractivity contribution in [2.45, 2.75) is 105 Å². The summed E-state index contributed by atoms with van der Waals surface area (Å²) in [6, 6.07) is 52.5. The molecule has 0 N–H and O–H groups in total. The Kier molecular flexibility index (Phi) is 8.82. The molecule has 0 bridgehead atoms. The highest BCUT2D eigenvalue weighted by Gasteiger charge is 2.30. The molecular weight excluding hydrogens is 765 g/mol. The zero-order valence-electron chi connectivity index (χ0n) is 39.0. The Balaban J connectivity index is 1.47. The van der Waals surface area contributed by atoms with E-state index in [0.717, 1.165) is 60.9 Å². The molecule has 3 aromatic heterocycles. The van der Waals surface area contributed by atoms with Crippen molar-refractivity contribution in [3.8, 4) is 23.1 Å². The largest absolute Gasteiger partial charge is 0.309 e. The Morgan fingerprint density at radius 2 is 0.746 bits per heavy atom. The van der Waals surface area contributed by atoms with Crippen LogP contribution >= 0.6 is 0 Å². The van der Waals surface area contributed by atoms with E-state index in [2.05, 4.69) is 236 Å². The van der Waals surface area contributed by atoms with Crippen LogP contribution in [-0.4, -0.2) is 13.7 Å². The Hall–Kier alpha value is -6.57. The quantitative estimate of drug-likeness (QED) is 0.175. The van der Waals surface area contributed by atoms with Gasteiger partial charge < -0.3 is 13.7 Å². The van der Waals surface area contributed by atoms with Crippen LogP contribution in [0.1, 0.15) is 111 Å². The Bertz CT molecular complexity index is 3390. The van der Waals surface area contributed by atoms with Crippen molar-refractivity contribution in [1.29, 1.82) is 5.26 Å². The van der Waals surface area contributed by atoms with Crippen molar-refractivity contribution < 1.29 is 0 Å². The van der Waals surface area contributed by atoms with Crippen molar-refractivity contribution >= 4 is 65.4 Å². The fourth-order valence-electron chi connectivity index (χ4n) is 9.88. The number of nitriles is 1. The highest BCUT2D eigenvalue weighted by molar-refractivity contribution is 6.17. The van der Waals surface area contributed by atoms with Crippen LogP contribution < -0.4 is 0 Å². The molecule has 3 heterocycles. The van der Waals surface area contributed by atoms with Crippen LogP contribution in [0.3, 0.4) is 0 Å². The summed E-state index contributed by atoms with van der Waals surface area (Å²) in [5, 5.41) is 18.7. The van der Waals surface area contributed by atoms with Crippen LogP contribution in [0.5, 0.6) is 0 Å². The standard InChI is InChI=1S/C59H58N4/c1-56(2,3)36-22-26-48-42(30-36)43-31-37(57(4,5)6)23-27-49(43)62(48)53-34-52-54(41-20-16-17-21-47(41)61(52)40-18-14-13-15-19-40)46(35-60)55(53)63-50-28-24-38(58(7,8)9)32-44(50)45-33-39(59(10,11)12)25-29-51(45)63/h13-34H,1-12H3. The topological polar surface area (TPSA) is 38.6 Å². The average molecular weight is 823 g/mol. The molecule has 314 valence electrons. The molecule has 4 heteroatoms. The lowest BCUT2D eigenvalue weighted by atomic mass is 9.85. The lowest BCUT2D eigenvalue weighted by molar-refractivity contribution is 0.590. The van der Waals surface area contributed by atoms with Gasteiger partial charge in [0.2, 0.25) is 0 Å². The van der Waals surface area contributed by atoms with E-state index in [-0.39, 0.29) is 21.7 Å². The molecule has 4 nitrogen and oxygen atoms in total. The Labute approximate surface area is 372 Å².